The minimum absolute atomic E-state index is 0.0377. The number of hydrogen-bond acceptors (Lipinski definition) is 3. The maximum atomic E-state index is 10.9. The van der Waals surface area contributed by atoms with Gasteiger partial charge in [-0.1, -0.05) is 79.3 Å². The molecule has 1 aromatic heterocycles. The first-order valence-corrected chi connectivity index (χ1v) is 11.7. The standard InChI is InChI=1S/C10H11NO.C10H14.C4H10.C3H7N.C2H6/c1-7(2)10-5-4-9(6-11-10)8(3)12;1-3-9-7-5-6-8-10(9)4-2;1-4(2)3;1-3-4-2;1-2/h4-6H,1H2,2-3H3;5-8H,3-4H2,1-2H3;4H,1-3H3;3H,1-2H3;1-2H3. The number of aliphatic imine (C=N–C) groups is 1. The van der Waals surface area contributed by atoms with Gasteiger partial charge in [0, 0.05) is 18.8 Å². The zero-order valence-corrected chi connectivity index (χ0v) is 22.6. The third kappa shape index (κ3) is 19.4. The minimum Gasteiger partial charge on any atom is -0.301 e. The van der Waals surface area contributed by atoms with E-state index in [1.54, 1.807) is 31.6 Å². The molecule has 1 heterocycles. The number of benzene rings is 1. The summed E-state index contributed by atoms with van der Waals surface area (Å²) < 4.78 is 0. The smallest absolute Gasteiger partial charge is 0.161 e. The van der Waals surface area contributed by atoms with E-state index >= 15 is 0 Å². The summed E-state index contributed by atoms with van der Waals surface area (Å²) in [7, 11) is 1.75. The molecule has 3 heteroatoms. The van der Waals surface area contributed by atoms with E-state index in [9.17, 15) is 4.79 Å². The molecule has 0 bridgehead atoms. The topological polar surface area (TPSA) is 42.3 Å². The quantitative estimate of drug-likeness (QED) is 0.353. The van der Waals surface area contributed by atoms with Crippen LogP contribution in [0.2, 0.25) is 0 Å². The van der Waals surface area contributed by atoms with Gasteiger partial charge in [-0.2, -0.15) is 0 Å². The zero-order chi connectivity index (χ0) is 25.5. The Balaban J connectivity index is -0.000000378. The molecule has 0 N–H and O–H groups in total. The lowest BCUT2D eigenvalue weighted by atomic mass is 10.0. The molecule has 0 fully saturated rings. The van der Waals surface area contributed by atoms with E-state index in [-0.39, 0.29) is 5.78 Å². The average Bonchev–Trinajstić information content (AvgIpc) is 2.80. The van der Waals surface area contributed by atoms with Gasteiger partial charge < -0.3 is 4.99 Å². The van der Waals surface area contributed by atoms with Gasteiger partial charge in [0.15, 0.2) is 5.78 Å². The Morgan fingerprint density at radius 3 is 1.62 bits per heavy atom. The van der Waals surface area contributed by atoms with Gasteiger partial charge in [0.1, 0.15) is 0 Å². The maximum absolute atomic E-state index is 10.9. The maximum Gasteiger partial charge on any atom is 0.161 e. The number of nitrogens with zero attached hydrogens (tertiary/aromatic N) is 2. The van der Waals surface area contributed by atoms with Crippen molar-refractivity contribution in [3.05, 3.63) is 71.6 Å². The lowest BCUT2D eigenvalue weighted by Crippen LogP contribution is -1.94. The van der Waals surface area contributed by atoms with Gasteiger partial charge in [0.25, 0.3) is 0 Å². The van der Waals surface area contributed by atoms with Crippen LogP contribution in [0, 0.1) is 5.92 Å². The Bertz CT molecular complexity index is 681. The van der Waals surface area contributed by atoms with Crippen molar-refractivity contribution in [3.63, 3.8) is 0 Å². The first-order valence-electron chi connectivity index (χ1n) is 11.7. The van der Waals surface area contributed by atoms with Gasteiger partial charge in [0.2, 0.25) is 0 Å². The highest BCUT2D eigenvalue weighted by molar-refractivity contribution is 5.93. The molecule has 3 nitrogen and oxygen atoms in total. The second-order valence-corrected chi connectivity index (χ2v) is 7.49. The molecule has 0 spiro atoms. The van der Waals surface area contributed by atoms with Gasteiger partial charge >= 0.3 is 0 Å². The van der Waals surface area contributed by atoms with Crippen LogP contribution in [0.5, 0.6) is 0 Å². The summed E-state index contributed by atoms with van der Waals surface area (Å²) >= 11 is 0. The number of aryl methyl sites for hydroxylation is 2. The summed E-state index contributed by atoms with van der Waals surface area (Å²) in [6.07, 6.45) is 5.64. The van der Waals surface area contributed by atoms with Crippen LogP contribution in [0.25, 0.3) is 5.57 Å². The molecule has 0 aliphatic carbocycles. The number of allylic oxidation sites excluding steroid dienone is 1. The number of pyridine rings is 1. The number of carbonyl (C=O) groups excluding carboxylic acids is 1. The molecule has 0 aliphatic heterocycles. The van der Waals surface area contributed by atoms with Crippen molar-refractivity contribution >= 4 is 17.6 Å². The summed E-state index contributed by atoms with van der Waals surface area (Å²) in [5, 5.41) is 0. The monoisotopic (exact) mass is 440 g/mol. The molecule has 0 saturated heterocycles. The molecule has 1 aromatic carbocycles. The predicted octanol–water partition coefficient (Wildman–Crippen LogP) is 8.52. The molecule has 0 unspecified atom stereocenters. The molecule has 0 radical (unpaired) electrons. The number of carbonyl (C=O) groups is 1. The molecule has 0 amide bonds. The molecular formula is C29H48N2O. The molecule has 32 heavy (non-hydrogen) atoms. The normalized spacial score (nSPS) is 9.12. The van der Waals surface area contributed by atoms with Gasteiger partial charge in [-0.05, 0) is 74.6 Å². The highest BCUT2D eigenvalue weighted by atomic mass is 16.1. The van der Waals surface area contributed by atoms with Crippen molar-refractivity contribution < 1.29 is 4.79 Å². The van der Waals surface area contributed by atoms with Crippen LogP contribution >= 0.6 is 0 Å². The molecule has 2 aromatic rings. The lowest BCUT2D eigenvalue weighted by Gasteiger charge is -2.02. The van der Waals surface area contributed by atoms with Gasteiger partial charge in [-0.3, -0.25) is 9.78 Å². The van der Waals surface area contributed by atoms with E-state index < -0.39 is 0 Å². The van der Waals surface area contributed by atoms with Crippen LogP contribution < -0.4 is 0 Å². The fourth-order valence-corrected chi connectivity index (χ4v) is 2.10. The molecule has 2 rings (SSSR count). The van der Waals surface area contributed by atoms with E-state index in [0.717, 1.165) is 30.0 Å². The van der Waals surface area contributed by atoms with Gasteiger partial charge in [-0.15, -0.1) is 0 Å². The Labute approximate surface area is 199 Å². The number of ketones is 1. The van der Waals surface area contributed by atoms with Crippen LogP contribution in [-0.4, -0.2) is 24.0 Å². The fraction of sp³-hybridized carbons (Fsp3) is 0.483. The molecule has 0 atom stereocenters. The Kier molecular flexibility index (Phi) is 24.6. The molecule has 0 aliphatic rings. The highest BCUT2D eigenvalue weighted by Crippen LogP contribution is 2.09. The minimum atomic E-state index is 0.0377. The second kappa shape index (κ2) is 23.1. The predicted molar refractivity (Wildman–Crippen MR) is 146 cm³/mol. The van der Waals surface area contributed by atoms with Crippen molar-refractivity contribution in [1.29, 1.82) is 0 Å². The number of aromatic nitrogens is 1. The van der Waals surface area contributed by atoms with Gasteiger partial charge in [-0.25, -0.2) is 0 Å². The van der Waals surface area contributed by atoms with Gasteiger partial charge in [0.05, 0.1) is 5.69 Å². The van der Waals surface area contributed by atoms with Crippen LogP contribution in [0.3, 0.4) is 0 Å². The van der Waals surface area contributed by atoms with E-state index in [0.29, 0.717) is 5.56 Å². The molecule has 0 saturated carbocycles. The number of hydrogen-bond donors (Lipinski definition) is 0. The number of rotatable bonds is 4. The van der Waals surface area contributed by atoms with E-state index in [2.05, 4.69) is 75.4 Å². The van der Waals surface area contributed by atoms with Crippen LogP contribution in [-0.2, 0) is 12.8 Å². The Morgan fingerprint density at radius 1 is 1.00 bits per heavy atom. The summed E-state index contributed by atoms with van der Waals surface area (Å²) in [6.45, 7) is 24.0. The Hall–Kier alpha value is -2.55. The van der Waals surface area contributed by atoms with Crippen LogP contribution in [0.1, 0.15) is 96.4 Å². The van der Waals surface area contributed by atoms with Crippen LogP contribution in [0.15, 0.2) is 54.2 Å². The Morgan fingerprint density at radius 2 is 1.41 bits per heavy atom. The van der Waals surface area contributed by atoms with Crippen molar-refractivity contribution in [3.8, 4) is 0 Å². The van der Waals surface area contributed by atoms with Crippen molar-refractivity contribution in [2.75, 3.05) is 7.05 Å². The molecular weight excluding hydrogens is 392 g/mol. The first kappa shape index (κ1) is 34.1. The SMILES string of the molecule is C=C(C)c1ccc(C(C)=O)cn1.CC.CC(C)C.CC=NC.CCc1ccccc1CC. The lowest BCUT2D eigenvalue weighted by molar-refractivity contribution is 0.101. The summed E-state index contributed by atoms with van der Waals surface area (Å²) in [5.41, 5.74) is 5.36. The summed E-state index contributed by atoms with van der Waals surface area (Å²) in [6, 6.07) is 12.2. The van der Waals surface area contributed by atoms with E-state index in [1.165, 1.54) is 18.1 Å². The largest absolute Gasteiger partial charge is 0.301 e. The summed E-state index contributed by atoms with van der Waals surface area (Å²) in [4.78, 5) is 18.6. The van der Waals surface area contributed by atoms with E-state index in [4.69, 9.17) is 0 Å². The van der Waals surface area contributed by atoms with Crippen molar-refractivity contribution in [1.82, 2.24) is 4.98 Å². The van der Waals surface area contributed by atoms with Crippen molar-refractivity contribution in [2.24, 2.45) is 10.9 Å². The van der Waals surface area contributed by atoms with E-state index in [1.807, 2.05) is 27.7 Å². The second-order valence-electron chi connectivity index (χ2n) is 7.49. The third-order valence-electron chi connectivity index (χ3n) is 3.75. The van der Waals surface area contributed by atoms with Crippen molar-refractivity contribution in [2.45, 2.75) is 82.1 Å². The third-order valence-corrected chi connectivity index (χ3v) is 3.75. The zero-order valence-electron chi connectivity index (χ0n) is 22.6. The average molecular weight is 441 g/mol. The summed E-state index contributed by atoms with van der Waals surface area (Å²) in [5.74, 6) is 0.871. The highest BCUT2D eigenvalue weighted by Gasteiger charge is 1.99. The van der Waals surface area contributed by atoms with Crippen LogP contribution in [0.4, 0.5) is 0 Å². The first-order chi connectivity index (χ1) is 15.1. The molecule has 180 valence electrons. The fourth-order valence-electron chi connectivity index (χ4n) is 2.10. The number of Topliss-reactive ketones (excluding diaryl/α,β-unsaturated/α-hetero) is 1.